The highest BCUT2D eigenvalue weighted by molar-refractivity contribution is 7.27. The van der Waals surface area contributed by atoms with Gasteiger partial charge in [0.05, 0.1) is 23.8 Å². The third-order valence-electron chi connectivity index (χ3n) is 4.77. The Hall–Kier alpha value is -2.73. The maximum absolute atomic E-state index is 13.7. The van der Waals surface area contributed by atoms with E-state index in [0.717, 1.165) is 16.6 Å². The molecule has 3 aromatic heterocycles. The number of rotatable bonds is 5. The Morgan fingerprint density at radius 3 is 2.52 bits per heavy atom. The molecule has 1 aliphatic carbocycles. The average molecular weight is 383 g/mol. The maximum atomic E-state index is 13.7. The Bertz CT molecular complexity index is 927. The first-order chi connectivity index (χ1) is 13.1. The van der Waals surface area contributed by atoms with Crippen LogP contribution < -0.4 is 16.4 Å². The highest BCUT2D eigenvalue weighted by Crippen LogP contribution is 2.44. The van der Waals surface area contributed by atoms with E-state index in [4.69, 9.17) is 5.73 Å². The monoisotopic (exact) mass is 383 g/mol. The standard InChI is InChI=1S/C18H19FN7P/c19-12-4-18(5-12,16-14(27)2-1-3-21-16)10-26-17-24-6-11(7-25-17)13-8-23-15(20)9-22-13/h1-3,6-9,12H,4-5,10,27H2,(H2,20,23)(H,24,25,26). The summed E-state index contributed by atoms with van der Waals surface area (Å²) in [5.41, 5.74) is 7.50. The Balaban J connectivity index is 1.49. The van der Waals surface area contributed by atoms with E-state index < -0.39 is 6.17 Å². The fourth-order valence-corrected chi connectivity index (χ4v) is 3.85. The zero-order valence-corrected chi connectivity index (χ0v) is 15.7. The number of nitrogen functional groups attached to an aromatic ring is 1. The average Bonchev–Trinajstić information content (AvgIpc) is 2.66. The molecule has 1 aliphatic rings. The zero-order chi connectivity index (χ0) is 18.9. The van der Waals surface area contributed by atoms with Crippen LogP contribution in [0.2, 0.25) is 0 Å². The van der Waals surface area contributed by atoms with E-state index in [9.17, 15) is 4.39 Å². The van der Waals surface area contributed by atoms with E-state index in [2.05, 4.69) is 39.5 Å². The molecule has 0 saturated heterocycles. The van der Waals surface area contributed by atoms with Gasteiger partial charge >= 0.3 is 0 Å². The van der Waals surface area contributed by atoms with Crippen molar-refractivity contribution in [3.8, 4) is 11.3 Å². The van der Waals surface area contributed by atoms with Crippen LogP contribution in [0.1, 0.15) is 18.5 Å². The summed E-state index contributed by atoms with van der Waals surface area (Å²) >= 11 is 0. The van der Waals surface area contributed by atoms with Crippen LogP contribution >= 0.6 is 9.24 Å². The first-order valence-corrected chi connectivity index (χ1v) is 9.12. The summed E-state index contributed by atoms with van der Waals surface area (Å²) in [6.07, 6.45) is 8.23. The molecule has 0 spiro atoms. The Morgan fingerprint density at radius 2 is 1.89 bits per heavy atom. The third kappa shape index (κ3) is 3.57. The number of hydrogen-bond acceptors (Lipinski definition) is 7. The lowest BCUT2D eigenvalue weighted by Crippen LogP contribution is -2.50. The smallest absolute Gasteiger partial charge is 0.222 e. The van der Waals surface area contributed by atoms with Crippen molar-refractivity contribution in [3.63, 3.8) is 0 Å². The molecule has 1 atom stereocenters. The number of pyridine rings is 1. The number of hydrogen-bond donors (Lipinski definition) is 2. The first kappa shape index (κ1) is 17.7. The molecule has 9 heteroatoms. The number of halogens is 1. The SMILES string of the molecule is Nc1cnc(-c2cnc(NCC3(c4ncccc4P)CC(F)C3)nc2)cn1. The van der Waals surface area contributed by atoms with Gasteiger partial charge in [0.1, 0.15) is 12.0 Å². The van der Waals surface area contributed by atoms with Gasteiger partial charge in [0.2, 0.25) is 5.95 Å². The number of nitrogens with two attached hydrogens (primary N) is 1. The van der Waals surface area contributed by atoms with Crippen molar-refractivity contribution >= 4 is 26.3 Å². The number of nitrogens with one attached hydrogen (secondary N) is 1. The summed E-state index contributed by atoms with van der Waals surface area (Å²) in [4.78, 5) is 21.4. The molecule has 7 nitrogen and oxygen atoms in total. The number of alkyl halides is 1. The topological polar surface area (TPSA) is 102 Å². The summed E-state index contributed by atoms with van der Waals surface area (Å²) in [6.45, 7) is 0.521. The van der Waals surface area contributed by atoms with Gasteiger partial charge in [0, 0.05) is 36.1 Å². The van der Waals surface area contributed by atoms with Gasteiger partial charge in [-0.05, 0) is 24.2 Å². The summed E-state index contributed by atoms with van der Waals surface area (Å²) in [5.74, 6) is 0.836. The molecule has 3 heterocycles. The lowest BCUT2D eigenvalue weighted by molar-refractivity contribution is 0.100. The quantitative estimate of drug-likeness (QED) is 0.649. The highest BCUT2D eigenvalue weighted by atomic mass is 31.0. The first-order valence-electron chi connectivity index (χ1n) is 8.55. The van der Waals surface area contributed by atoms with Crippen LogP contribution in [0.4, 0.5) is 16.2 Å². The van der Waals surface area contributed by atoms with Crippen molar-refractivity contribution in [2.75, 3.05) is 17.6 Å². The number of nitrogens with zero attached hydrogens (tertiary/aromatic N) is 5. The van der Waals surface area contributed by atoms with Gasteiger partial charge in [-0.2, -0.15) is 0 Å². The molecule has 0 aliphatic heterocycles. The minimum Gasteiger partial charge on any atom is -0.382 e. The summed E-state index contributed by atoms with van der Waals surface area (Å²) in [7, 11) is 2.68. The largest absolute Gasteiger partial charge is 0.382 e. The minimum absolute atomic E-state index is 0.345. The van der Waals surface area contributed by atoms with Crippen molar-refractivity contribution in [1.82, 2.24) is 24.9 Å². The summed E-state index contributed by atoms with van der Waals surface area (Å²) in [5, 5.41) is 4.22. The molecule has 1 unspecified atom stereocenters. The predicted molar refractivity (Wildman–Crippen MR) is 105 cm³/mol. The fraction of sp³-hybridized carbons (Fsp3) is 0.278. The van der Waals surface area contributed by atoms with Crippen molar-refractivity contribution in [2.24, 2.45) is 0 Å². The predicted octanol–water partition coefficient (Wildman–Crippen LogP) is 1.89. The second-order valence-electron chi connectivity index (χ2n) is 6.70. The van der Waals surface area contributed by atoms with Crippen molar-refractivity contribution in [2.45, 2.75) is 24.4 Å². The number of aromatic nitrogens is 5. The van der Waals surface area contributed by atoms with E-state index in [-0.39, 0.29) is 5.41 Å². The molecular formula is C18H19FN7P. The Labute approximate surface area is 158 Å². The molecule has 0 aromatic carbocycles. The van der Waals surface area contributed by atoms with Gasteiger partial charge < -0.3 is 11.1 Å². The van der Waals surface area contributed by atoms with Crippen molar-refractivity contribution in [1.29, 1.82) is 0 Å². The zero-order valence-electron chi connectivity index (χ0n) is 14.5. The van der Waals surface area contributed by atoms with E-state index in [1.807, 2.05) is 12.1 Å². The molecule has 3 N–H and O–H groups in total. The fourth-order valence-electron chi connectivity index (χ4n) is 3.36. The molecular weight excluding hydrogens is 364 g/mol. The van der Waals surface area contributed by atoms with Crippen LogP contribution in [0.15, 0.2) is 43.1 Å². The van der Waals surface area contributed by atoms with Gasteiger partial charge in [-0.1, -0.05) is 6.07 Å². The van der Waals surface area contributed by atoms with Gasteiger partial charge in [0.15, 0.2) is 0 Å². The van der Waals surface area contributed by atoms with Crippen LogP contribution in [0.3, 0.4) is 0 Å². The summed E-state index contributed by atoms with van der Waals surface area (Å²) < 4.78 is 13.7. The highest BCUT2D eigenvalue weighted by Gasteiger charge is 2.47. The van der Waals surface area contributed by atoms with Crippen LogP contribution in [0.5, 0.6) is 0 Å². The normalized spacial score (nSPS) is 21.5. The molecule has 0 amide bonds. The number of anilines is 2. The molecule has 3 aromatic rings. The lowest BCUT2D eigenvalue weighted by Gasteiger charge is -2.44. The van der Waals surface area contributed by atoms with Crippen molar-refractivity contribution in [3.05, 3.63) is 48.8 Å². The molecule has 4 rings (SSSR count). The van der Waals surface area contributed by atoms with Gasteiger partial charge in [-0.3, -0.25) is 9.97 Å². The van der Waals surface area contributed by atoms with E-state index in [0.29, 0.717) is 36.8 Å². The van der Waals surface area contributed by atoms with E-state index in [1.54, 1.807) is 24.8 Å². The molecule has 1 fully saturated rings. The van der Waals surface area contributed by atoms with Crippen LogP contribution in [0.25, 0.3) is 11.3 Å². The van der Waals surface area contributed by atoms with E-state index in [1.165, 1.54) is 6.20 Å². The van der Waals surface area contributed by atoms with Gasteiger partial charge in [-0.25, -0.2) is 19.3 Å². The van der Waals surface area contributed by atoms with Gasteiger partial charge in [-0.15, -0.1) is 9.24 Å². The summed E-state index contributed by atoms with van der Waals surface area (Å²) in [6, 6.07) is 3.85. The van der Waals surface area contributed by atoms with Crippen molar-refractivity contribution < 1.29 is 4.39 Å². The molecule has 138 valence electrons. The molecule has 0 bridgehead atoms. The van der Waals surface area contributed by atoms with Crippen LogP contribution in [0, 0.1) is 0 Å². The lowest BCUT2D eigenvalue weighted by atomic mass is 9.65. The third-order valence-corrected chi connectivity index (χ3v) is 5.24. The maximum Gasteiger partial charge on any atom is 0.222 e. The molecule has 0 radical (unpaired) electrons. The Kier molecular flexibility index (Phi) is 4.66. The molecule has 1 saturated carbocycles. The van der Waals surface area contributed by atoms with Crippen LogP contribution in [-0.4, -0.2) is 37.6 Å². The second-order valence-corrected chi connectivity index (χ2v) is 7.32. The van der Waals surface area contributed by atoms with E-state index >= 15 is 0 Å². The van der Waals surface area contributed by atoms with Crippen LogP contribution in [-0.2, 0) is 5.41 Å². The van der Waals surface area contributed by atoms with Gasteiger partial charge in [0.25, 0.3) is 0 Å². The second kappa shape index (κ2) is 7.12. The minimum atomic E-state index is -0.800. The Morgan fingerprint density at radius 1 is 1.11 bits per heavy atom. The molecule has 27 heavy (non-hydrogen) atoms.